The first-order valence-electron chi connectivity index (χ1n) is 6.78. The summed E-state index contributed by atoms with van der Waals surface area (Å²) in [5, 5.41) is 9.66. The molecule has 0 aromatic heterocycles. The Morgan fingerprint density at radius 3 is 2.67 bits per heavy atom. The number of carbonyl (C=O) groups is 1. The number of halogens is 1. The highest BCUT2D eigenvalue weighted by Gasteiger charge is 2.19. The molecule has 0 aliphatic rings. The van der Waals surface area contributed by atoms with Crippen LogP contribution < -0.4 is 0 Å². The standard InChI is InChI=1S/C17H17FO2S/c1-12(9-10-21-14-5-3-2-4-6-14)17(20)15-11-13(18)7-8-16(15)19/h2-8,11-12,19H,9-10H2,1H3. The number of rotatable bonds is 6. The third-order valence-electron chi connectivity index (χ3n) is 3.23. The highest BCUT2D eigenvalue weighted by atomic mass is 32.2. The molecule has 2 rings (SSSR count). The number of phenols is 1. The van der Waals surface area contributed by atoms with Crippen LogP contribution in [0.25, 0.3) is 0 Å². The molecule has 0 fully saturated rings. The zero-order valence-electron chi connectivity index (χ0n) is 11.8. The van der Waals surface area contributed by atoms with Crippen molar-refractivity contribution in [3.63, 3.8) is 0 Å². The van der Waals surface area contributed by atoms with Crippen molar-refractivity contribution in [2.24, 2.45) is 5.92 Å². The van der Waals surface area contributed by atoms with Crippen molar-refractivity contribution in [2.75, 3.05) is 5.75 Å². The average molecular weight is 304 g/mol. The molecule has 0 amide bonds. The molecule has 1 atom stereocenters. The number of aromatic hydroxyl groups is 1. The quantitative estimate of drug-likeness (QED) is 0.629. The molecule has 4 heteroatoms. The Labute approximate surface area is 128 Å². The van der Waals surface area contributed by atoms with Gasteiger partial charge in [-0.25, -0.2) is 4.39 Å². The first-order valence-corrected chi connectivity index (χ1v) is 7.77. The maximum absolute atomic E-state index is 13.2. The predicted octanol–water partition coefficient (Wildman–Crippen LogP) is 4.53. The minimum absolute atomic E-state index is 0.0622. The van der Waals surface area contributed by atoms with E-state index < -0.39 is 5.82 Å². The smallest absolute Gasteiger partial charge is 0.169 e. The number of benzene rings is 2. The van der Waals surface area contributed by atoms with Crippen LogP contribution in [0.1, 0.15) is 23.7 Å². The van der Waals surface area contributed by atoms with Gasteiger partial charge in [0, 0.05) is 10.8 Å². The van der Waals surface area contributed by atoms with E-state index in [0.29, 0.717) is 6.42 Å². The van der Waals surface area contributed by atoms with Crippen LogP contribution in [0.5, 0.6) is 5.75 Å². The van der Waals surface area contributed by atoms with Crippen molar-refractivity contribution in [3.05, 3.63) is 59.9 Å². The van der Waals surface area contributed by atoms with E-state index >= 15 is 0 Å². The topological polar surface area (TPSA) is 37.3 Å². The van der Waals surface area contributed by atoms with Crippen molar-refractivity contribution in [2.45, 2.75) is 18.2 Å². The summed E-state index contributed by atoms with van der Waals surface area (Å²) >= 11 is 1.68. The van der Waals surface area contributed by atoms with Gasteiger partial charge in [0.1, 0.15) is 11.6 Å². The molecule has 0 spiro atoms. The average Bonchev–Trinajstić information content (AvgIpc) is 2.50. The van der Waals surface area contributed by atoms with Crippen LogP contribution in [0.15, 0.2) is 53.4 Å². The first kappa shape index (κ1) is 15.6. The SMILES string of the molecule is CC(CCSc1ccccc1)C(=O)c1cc(F)ccc1O. The number of ketones is 1. The third-order valence-corrected chi connectivity index (χ3v) is 4.28. The predicted molar refractivity (Wildman–Crippen MR) is 83.3 cm³/mol. The molecule has 2 aromatic carbocycles. The maximum atomic E-state index is 13.2. The highest BCUT2D eigenvalue weighted by molar-refractivity contribution is 7.99. The summed E-state index contributed by atoms with van der Waals surface area (Å²) in [5.41, 5.74) is 0.0622. The van der Waals surface area contributed by atoms with E-state index in [-0.39, 0.29) is 23.0 Å². The van der Waals surface area contributed by atoms with Gasteiger partial charge in [-0.2, -0.15) is 0 Å². The van der Waals surface area contributed by atoms with Crippen LogP contribution in [0.4, 0.5) is 4.39 Å². The molecule has 0 saturated carbocycles. The summed E-state index contributed by atoms with van der Waals surface area (Å²) in [7, 11) is 0. The second kappa shape index (κ2) is 7.27. The van der Waals surface area contributed by atoms with E-state index in [9.17, 15) is 14.3 Å². The lowest BCUT2D eigenvalue weighted by atomic mass is 9.96. The number of hydrogen-bond acceptors (Lipinski definition) is 3. The van der Waals surface area contributed by atoms with Gasteiger partial charge in [0.15, 0.2) is 5.78 Å². The monoisotopic (exact) mass is 304 g/mol. The maximum Gasteiger partial charge on any atom is 0.169 e. The van der Waals surface area contributed by atoms with Crippen LogP contribution in [0.2, 0.25) is 0 Å². The lowest BCUT2D eigenvalue weighted by Gasteiger charge is -2.11. The molecule has 0 bridgehead atoms. The normalized spacial score (nSPS) is 12.1. The summed E-state index contributed by atoms with van der Waals surface area (Å²) in [6, 6.07) is 13.4. The second-order valence-corrected chi connectivity index (χ2v) is 6.05. The lowest BCUT2D eigenvalue weighted by molar-refractivity contribution is 0.0924. The summed E-state index contributed by atoms with van der Waals surface area (Å²) in [6.07, 6.45) is 0.675. The molecule has 2 nitrogen and oxygen atoms in total. The Balaban J connectivity index is 1.92. The molecule has 110 valence electrons. The molecule has 1 N–H and O–H groups in total. The van der Waals surface area contributed by atoms with Crippen LogP contribution in [-0.4, -0.2) is 16.6 Å². The fraction of sp³-hybridized carbons (Fsp3) is 0.235. The number of hydrogen-bond donors (Lipinski definition) is 1. The molecular formula is C17H17FO2S. The van der Waals surface area contributed by atoms with Gasteiger partial charge in [-0.1, -0.05) is 25.1 Å². The van der Waals surface area contributed by atoms with Gasteiger partial charge in [-0.15, -0.1) is 11.8 Å². The summed E-state index contributed by atoms with van der Waals surface area (Å²) in [6.45, 7) is 1.80. The van der Waals surface area contributed by atoms with Crippen LogP contribution in [-0.2, 0) is 0 Å². The lowest BCUT2D eigenvalue weighted by Crippen LogP contribution is -2.12. The van der Waals surface area contributed by atoms with Gasteiger partial charge < -0.3 is 5.11 Å². The summed E-state index contributed by atoms with van der Waals surface area (Å²) in [5.74, 6) is -0.354. The van der Waals surface area contributed by atoms with Crippen LogP contribution in [0.3, 0.4) is 0 Å². The summed E-state index contributed by atoms with van der Waals surface area (Å²) in [4.78, 5) is 13.4. The van der Waals surface area contributed by atoms with Crippen molar-refractivity contribution < 1.29 is 14.3 Å². The Kier molecular flexibility index (Phi) is 5.39. The molecule has 0 radical (unpaired) electrons. The van der Waals surface area contributed by atoms with E-state index in [2.05, 4.69) is 0 Å². The molecule has 1 unspecified atom stereocenters. The second-order valence-electron chi connectivity index (χ2n) is 4.88. The zero-order chi connectivity index (χ0) is 15.2. The Morgan fingerprint density at radius 1 is 1.24 bits per heavy atom. The zero-order valence-corrected chi connectivity index (χ0v) is 12.6. The van der Waals surface area contributed by atoms with Crippen LogP contribution >= 0.6 is 11.8 Å². The van der Waals surface area contributed by atoms with E-state index in [1.165, 1.54) is 6.07 Å². The molecule has 21 heavy (non-hydrogen) atoms. The molecule has 0 aliphatic heterocycles. The summed E-state index contributed by atoms with van der Waals surface area (Å²) < 4.78 is 13.2. The number of Topliss-reactive ketones (excluding diaryl/α,β-unsaturated/α-hetero) is 1. The Bertz CT molecular complexity index is 613. The van der Waals surface area contributed by atoms with E-state index in [0.717, 1.165) is 22.8 Å². The molecular weight excluding hydrogens is 287 g/mol. The fourth-order valence-electron chi connectivity index (χ4n) is 1.97. The highest BCUT2D eigenvalue weighted by Crippen LogP contribution is 2.25. The fourth-order valence-corrected chi connectivity index (χ4v) is 3.03. The molecule has 0 aliphatic carbocycles. The molecule has 0 heterocycles. The third kappa shape index (κ3) is 4.33. The van der Waals surface area contributed by atoms with Crippen molar-refractivity contribution >= 4 is 17.5 Å². The molecule has 0 saturated heterocycles. The van der Waals surface area contributed by atoms with Gasteiger partial charge in [-0.05, 0) is 42.5 Å². The van der Waals surface area contributed by atoms with Gasteiger partial charge in [0.25, 0.3) is 0 Å². The first-order chi connectivity index (χ1) is 10.1. The van der Waals surface area contributed by atoms with Gasteiger partial charge in [0.05, 0.1) is 5.56 Å². The largest absolute Gasteiger partial charge is 0.507 e. The van der Waals surface area contributed by atoms with Crippen molar-refractivity contribution in [1.29, 1.82) is 0 Å². The van der Waals surface area contributed by atoms with Gasteiger partial charge in [-0.3, -0.25) is 4.79 Å². The minimum atomic E-state index is -0.512. The minimum Gasteiger partial charge on any atom is -0.507 e. The van der Waals surface area contributed by atoms with E-state index in [1.807, 2.05) is 30.3 Å². The van der Waals surface area contributed by atoms with Crippen LogP contribution in [0, 0.1) is 11.7 Å². The Hall–Kier alpha value is -1.81. The van der Waals surface area contributed by atoms with Gasteiger partial charge in [0.2, 0.25) is 0 Å². The van der Waals surface area contributed by atoms with Crippen molar-refractivity contribution in [1.82, 2.24) is 0 Å². The Morgan fingerprint density at radius 2 is 1.95 bits per heavy atom. The van der Waals surface area contributed by atoms with E-state index in [1.54, 1.807) is 18.7 Å². The van der Waals surface area contributed by atoms with E-state index in [4.69, 9.17) is 0 Å². The molecule has 2 aromatic rings. The number of phenolic OH excluding ortho intramolecular Hbond substituents is 1. The number of thioether (sulfide) groups is 1. The van der Waals surface area contributed by atoms with Gasteiger partial charge >= 0.3 is 0 Å². The van der Waals surface area contributed by atoms with Crippen molar-refractivity contribution in [3.8, 4) is 5.75 Å². The number of carbonyl (C=O) groups excluding carboxylic acids is 1.